The fourth-order valence-corrected chi connectivity index (χ4v) is 2.29. The smallest absolute Gasteiger partial charge is 0.295 e. The van der Waals surface area contributed by atoms with E-state index in [-0.39, 0.29) is 40.5 Å². The summed E-state index contributed by atoms with van der Waals surface area (Å²) < 4.78 is 5.32. The van der Waals surface area contributed by atoms with Crippen molar-refractivity contribution in [3.05, 3.63) is 47.5 Å². The van der Waals surface area contributed by atoms with Gasteiger partial charge in [-0.25, -0.2) is 0 Å². The average molecular weight is 288 g/mol. The minimum absolute atomic E-state index is 0.0127. The second kappa shape index (κ2) is 4.39. The highest BCUT2D eigenvalue weighted by molar-refractivity contribution is 5.91. The quantitative estimate of drug-likeness (QED) is 0.627. The third-order valence-corrected chi connectivity index (χ3v) is 3.40. The lowest BCUT2D eigenvalue weighted by molar-refractivity contribution is -0.179. The van der Waals surface area contributed by atoms with Crippen molar-refractivity contribution in [1.82, 2.24) is 0 Å². The van der Waals surface area contributed by atoms with E-state index in [0.29, 0.717) is 0 Å². The van der Waals surface area contributed by atoms with Crippen LogP contribution in [0.2, 0.25) is 0 Å². The van der Waals surface area contributed by atoms with Crippen molar-refractivity contribution in [2.45, 2.75) is 12.2 Å². The molecule has 1 heterocycles. The summed E-state index contributed by atoms with van der Waals surface area (Å²) in [7, 11) is 0. The summed E-state index contributed by atoms with van der Waals surface area (Å²) in [5.41, 5.74) is 0.361. The molecule has 0 bridgehead atoms. The lowest BCUT2D eigenvalue weighted by atomic mass is 9.92. The molecular weight excluding hydrogens is 276 g/mol. The molecule has 21 heavy (non-hydrogen) atoms. The molecule has 0 aliphatic carbocycles. The van der Waals surface area contributed by atoms with Crippen LogP contribution in [0.25, 0.3) is 0 Å². The number of fused-ring (bicyclic) bond motifs is 1. The second-order valence-corrected chi connectivity index (χ2v) is 4.83. The second-order valence-electron chi connectivity index (χ2n) is 4.83. The Balaban J connectivity index is 2.09. The van der Waals surface area contributed by atoms with Gasteiger partial charge in [-0.15, -0.1) is 0 Å². The Hall–Kier alpha value is -2.73. The average Bonchev–Trinajstić information content (AvgIpc) is 2.42. The van der Waals surface area contributed by atoms with E-state index in [1.807, 2.05) is 0 Å². The van der Waals surface area contributed by atoms with Crippen LogP contribution in [0, 0.1) is 0 Å². The molecule has 4 N–H and O–H groups in total. The molecule has 1 aliphatic rings. The predicted molar refractivity (Wildman–Crippen MR) is 71.1 cm³/mol. The molecule has 0 amide bonds. The molecule has 1 aliphatic heterocycles. The number of hydrogen-bond acceptors (Lipinski definition) is 6. The number of aliphatic hydroxyl groups is 1. The van der Waals surface area contributed by atoms with Crippen molar-refractivity contribution < 1.29 is 30.0 Å². The van der Waals surface area contributed by atoms with Crippen LogP contribution in [0.1, 0.15) is 11.1 Å². The van der Waals surface area contributed by atoms with E-state index in [1.165, 1.54) is 30.3 Å². The Morgan fingerprint density at radius 3 is 2.33 bits per heavy atom. The Labute approximate surface area is 119 Å². The number of carbonyl (C=O) groups is 1. The molecule has 0 aromatic heterocycles. The molecule has 0 radical (unpaired) electrons. The number of aromatic hydroxyl groups is 3. The molecule has 0 spiro atoms. The van der Waals surface area contributed by atoms with Crippen LogP contribution >= 0.6 is 0 Å². The van der Waals surface area contributed by atoms with E-state index in [0.717, 1.165) is 6.07 Å². The largest absolute Gasteiger partial charge is 0.508 e. The molecule has 2 aromatic carbocycles. The maximum atomic E-state index is 12.2. The Morgan fingerprint density at radius 1 is 1.00 bits per heavy atom. The summed E-state index contributed by atoms with van der Waals surface area (Å²) >= 11 is 0. The van der Waals surface area contributed by atoms with E-state index in [4.69, 9.17) is 4.74 Å². The number of carbonyl (C=O) groups excluding carboxylic acids is 1. The molecule has 2 aromatic rings. The number of Topliss-reactive ketones (excluding diaryl/α,β-unsaturated/α-hetero) is 1. The topological polar surface area (TPSA) is 107 Å². The third kappa shape index (κ3) is 2.05. The molecule has 0 saturated carbocycles. The van der Waals surface area contributed by atoms with Crippen molar-refractivity contribution in [3.63, 3.8) is 0 Å². The standard InChI is InChI=1S/C15H12O6/c16-9-3-1-8(2-4-9)15(20)14(19)7-11-12(18)5-10(17)6-13(11)21-15/h1-6,16-18,20H,7H2. The van der Waals surface area contributed by atoms with Gasteiger partial charge in [-0.05, 0) is 24.3 Å². The fourth-order valence-electron chi connectivity index (χ4n) is 2.29. The number of benzene rings is 2. The van der Waals surface area contributed by atoms with E-state index < -0.39 is 11.6 Å². The first-order valence-corrected chi connectivity index (χ1v) is 6.19. The van der Waals surface area contributed by atoms with Crippen LogP contribution < -0.4 is 4.74 Å². The lowest BCUT2D eigenvalue weighted by Gasteiger charge is -2.33. The summed E-state index contributed by atoms with van der Waals surface area (Å²) in [5.74, 6) is -3.37. The molecule has 3 rings (SSSR count). The third-order valence-electron chi connectivity index (χ3n) is 3.40. The minimum atomic E-state index is -2.22. The van der Waals surface area contributed by atoms with Gasteiger partial charge in [-0.2, -0.15) is 0 Å². The van der Waals surface area contributed by atoms with E-state index in [2.05, 4.69) is 0 Å². The number of ether oxygens (including phenoxy) is 1. The van der Waals surface area contributed by atoms with Crippen LogP contribution in [-0.4, -0.2) is 26.2 Å². The Morgan fingerprint density at radius 2 is 1.67 bits per heavy atom. The zero-order chi connectivity index (χ0) is 15.2. The summed E-state index contributed by atoms with van der Waals surface area (Å²) in [6.07, 6.45) is -0.237. The van der Waals surface area contributed by atoms with Gasteiger partial charge in [-0.1, -0.05) is 0 Å². The highest BCUT2D eigenvalue weighted by Gasteiger charge is 2.45. The van der Waals surface area contributed by atoms with Crippen LogP contribution in [0.4, 0.5) is 0 Å². The van der Waals surface area contributed by atoms with Gasteiger partial charge in [0.25, 0.3) is 5.79 Å². The van der Waals surface area contributed by atoms with Gasteiger partial charge in [0.15, 0.2) is 0 Å². The summed E-state index contributed by atoms with van der Waals surface area (Å²) in [6.45, 7) is 0. The SMILES string of the molecule is O=C1Cc2c(O)cc(O)cc2OC1(O)c1ccc(O)cc1. The summed E-state index contributed by atoms with van der Waals surface area (Å²) in [6, 6.07) is 7.67. The fraction of sp³-hybridized carbons (Fsp3) is 0.133. The van der Waals surface area contributed by atoms with E-state index in [1.54, 1.807) is 0 Å². The van der Waals surface area contributed by atoms with Crippen LogP contribution in [0.15, 0.2) is 36.4 Å². The van der Waals surface area contributed by atoms with E-state index in [9.17, 15) is 25.2 Å². The van der Waals surface area contributed by atoms with Crippen molar-refractivity contribution in [2.75, 3.05) is 0 Å². The molecule has 6 nitrogen and oxygen atoms in total. The molecule has 0 fully saturated rings. The van der Waals surface area contributed by atoms with Gasteiger partial charge in [0.2, 0.25) is 5.78 Å². The first-order chi connectivity index (χ1) is 9.90. The zero-order valence-electron chi connectivity index (χ0n) is 10.8. The van der Waals surface area contributed by atoms with Gasteiger partial charge >= 0.3 is 0 Å². The number of phenols is 3. The Bertz CT molecular complexity index is 722. The number of ketones is 1. The number of rotatable bonds is 1. The molecular formula is C15H12O6. The molecule has 6 heteroatoms. The molecule has 108 valence electrons. The van der Waals surface area contributed by atoms with Crippen molar-refractivity contribution >= 4 is 5.78 Å². The normalized spacial score (nSPS) is 20.7. The molecule has 1 unspecified atom stereocenters. The van der Waals surface area contributed by atoms with Crippen LogP contribution in [-0.2, 0) is 17.0 Å². The van der Waals surface area contributed by atoms with E-state index >= 15 is 0 Å². The first-order valence-electron chi connectivity index (χ1n) is 6.19. The zero-order valence-corrected chi connectivity index (χ0v) is 10.8. The van der Waals surface area contributed by atoms with Crippen molar-refractivity contribution in [3.8, 4) is 23.0 Å². The predicted octanol–water partition coefficient (Wildman–Crippen LogP) is 1.15. The van der Waals surface area contributed by atoms with Gasteiger partial charge < -0.3 is 25.2 Å². The number of hydrogen-bond donors (Lipinski definition) is 4. The molecule has 0 saturated heterocycles. The first kappa shape index (κ1) is 13.3. The lowest BCUT2D eigenvalue weighted by Crippen LogP contribution is -2.45. The van der Waals surface area contributed by atoms with Crippen molar-refractivity contribution in [2.24, 2.45) is 0 Å². The van der Waals surface area contributed by atoms with Crippen LogP contribution in [0.3, 0.4) is 0 Å². The Kier molecular flexibility index (Phi) is 2.77. The van der Waals surface area contributed by atoms with Gasteiger partial charge in [0, 0.05) is 29.7 Å². The monoisotopic (exact) mass is 288 g/mol. The maximum Gasteiger partial charge on any atom is 0.295 e. The van der Waals surface area contributed by atoms with Gasteiger partial charge in [0.05, 0.1) is 0 Å². The maximum absolute atomic E-state index is 12.2. The summed E-state index contributed by atoms with van der Waals surface area (Å²) in [4.78, 5) is 12.2. The van der Waals surface area contributed by atoms with Crippen molar-refractivity contribution in [1.29, 1.82) is 0 Å². The number of phenolic OH excluding ortho intramolecular Hbond substituents is 3. The summed E-state index contributed by atoms with van der Waals surface area (Å²) in [5, 5.41) is 39.0. The minimum Gasteiger partial charge on any atom is -0.508 e. The van der Waals surface area contributed by atoms with Crippen LogP contribution in [0.5, 0.6) is 23.0 Å². The highest BCUT2D eigenvalue weighted by atomic mass is 16.6. The molecule has 1 atom stereocenters. The highest BCUT2D eigenvalue weighted by Crippen LogP contribution is 2.42. The van der Waals surface area contributed by atoms with Gasteiger partial charge in [0.1, 0.15) is 23.0 Å². The van der Waals surface area contributed by atoms with Gasteiger partial charge in [-0.3, -0.25) is 4.79 Å².